The highest BCUT2D eigenvalue weighted by Gasteiger charge is 2.22. The normalized spacial score (nSPS) is 17.9. The molecule has 1 aliphatic rings. The Hall–Kier alpha value is -1.59. The summed E-state index contributed by atoms with van der Waals surface area (Å²) in [6, 6.07) is 6.92. The van der Waals surface area contributed by atoms with Gasteiger partial charge in [-0.25, -0.2) is 0 Å². The van der Waals surface area contributed by atoms with Crippen molar-refractivity contribution in [2.24, 2.45) is 5.73 Å². The van der Waals surface area contributed by atoms with Gasteiger partial charge in [0.05, 0.1) is 0 Å². The zero-order valence-corrected chi connectivity index (χ0v) is 13.2. The molecular weight excluding hydrogens is 290 g/mol. The van der Waals surface area contributed by atoms with Gasteiger partial charge < -0.3 is 15.5 Å². The summed E-state index contributed by atoms with van der Waals surface area (Å²) in [6.45, 7) is 1.32. The summed E-state index contributed by atoms with van der Waals surface area (Å²) in [4.78, 5) is 27.6. The lowest BCUT2D eigenvalue weighted by Crippen LogP contribution is -2.45. The lowest BCUT2D eigenvalue weighted by Gasteiger charge is -2.30. The van der Waals surface area contributed by atoms with Crippen LogP contribution in [0.25, 0.3) is 0 Å². The molecule has 5 nitrogen and oxygen atoms in total. The number of nitrogens with two attached hydrogens (primary N) is 1. The van der Waals surface area contributed by atoms with Gasteiger partial charge in [0, 0.05) is 44.4 Å². The van der Waals surface area contributed by atoms with Crippen LogP contribution in [0.15, 0.2) is 24.3 Å². The molecule has 116 valence electrons. The van der Waals surface area contributed by atoms with Gasteiger partial charge in [0.1, 0.15) is 0 Å². The van der Waals surface area contributed by atoms with Crippen LogP contribution >= 0.6 is 12.4 Å². The van der Waals surface area contributed by atoms with Crippen LogP contribution in [-0.4, -0.2) is 54.8 Å². The van der Waals surface area contributed by atoms with Gasteiger partial charge in [0.2, 0.25) is 0 Å². The fraction of sp³-hybridized carbons (Fsp3) is 0.467. The van der Waals surface area contributed by atoms with Crippen molar-refractivity contribution < 1.29 is 9.59 Å². The summed E-state index contributed by atoms with van der Waals surface area (Å²) in [6.07, 6.45) is 1.90. The van der Waals surface area contributed by atoms with Crippen molar-refractivity contribution in [3.05, 3.63) is 35.4 Å². The number of carbonyl (C=O) groups is 2. The van der Waals surface area contributed by atoms with Gasteiger partial charge in [-0.3, -0.25) is 9.59 Å². The van der Waals surface area contributed by atoms with E-state index in [-0.39, 0.29) is 30.3 Å². The Kier molecular flexibility index (Phi) is 6.18. The number of carbonyl (C=O) groups excluding carboxylic acids is 2. The van der Waals surface area contributed by atoms with Gasteiger partial charge in [0.15, 0.2) is 0 Å². The predicted octanol–water partition coefficient (Wildman–Crippen LogP) is 1.37. The molecule has 1 saturated heterocycles. The quantitative estimate of drug-likeness (QED) is 0.897. The third-order valence-corrected chi connectivity index (χ3v) is 3.51. The maximum Gasteiger partial charge on any atom is 0.253 e. The van der Waals surface area contributed by atoms with Crippen LogP contribution in [0.1, 0.15) is 33.6 Å². The molecule has 1 aromatic rings. The average Bonchev–Trinajstić information content (AvgIpc) is 2.45. The van der Waals surface area contributed by atoms with E-state index in [9.17, 15) is 9.59 Å². The number of nitrogens with zero attached hydrogens (tertiary/aromatic N) is 2. The number of hydrogen-bond donors (Lipinski definition) is 1. The largest absolute Gasteiger partial charge is 0.345 e. The second-order valence-corrected chi connectivity index (χ2v) is 5.43. The van der Waals surface area contributed by atoms with Gasteiger partial charge in [-0.2, -0.15) is 0 Å². The molecule has 2 N–H and O–H groups in total. The Balaban J connectivity index is 0.00000220. The summed E-state index contributed by atoms with van der Waals surface area (Å²) in [5.74, 6) is -0.149. The monoisotopic (exact) mass is 311 g/mol. The maximum atomic E-state index is 12.4. The number of halogens is 1. The molecule has 1 fully saturated rings. The smallest absolute Gasteiger partial charge is 0.253 e. The lowest BCUT2D eigenvalue weighted by atomic mass is 10.0. The Morgan fingerprint density at radius 1 is 1.29 bits per heavy atom. The van der Waals surface area contributed by atoms with E-state index in [0.29, 0.717) is 17.7 Å². The minimum absolute atomic E-state index is 0. The van der Waals surface area contributed by atoms with Crippen molar-refractivity contribution in [2.45, 2.75) is 18.9 Å². The van der Waals surface area contributed by atoms with Crippen LogP contribution in [0.5, 0.6) is 0 Å². The molecule has 2 rings (SSSR count). The number of benzene rings is 1. The summed E-state index contributed by atoms with van der Waals surface area (Å²) in [5.41, 5.74) is 6.98. The first kappa shape index (κ1) is 17.5. The molecule has 21 heavy (non-hydrogen) atoms. The van der Waals surface area contributed by atoms with Crippen LogP contribution in [0.4, 0.5) is 0 Å². The van der Waals surface area contributed by atoms with Crippen molar-refractivity contribution in [3.63, 3.8) is 0 Å². The zero-order valence-electron chi connectivity index (χ0n) is 12.4. The van der Waals surface area contributed by atoms with Crippen LogP contribution in [0, 0.1) is 0 Å². The van der Waals surface area contributed by atoms with E-state index in [1.807, 2.05) is 0 Å². The second kappa shape index (κ2) is 7.43. The minimum atomic E-state index is -0.102. The average molecular weight is 312 g/mol. The number of rotatable bonds is 2. The molecule has 0 saturated carbocycles. The first-order valence-electron chi connectivity index (χ1n) is 6.85. The van der Waals surface area contributed by atoms with Crippen LogP contribution in [-0.2, 0) is 0 Å². The van der Waals surface area contributed by atoms with Gasteiger partial charge in [-0.1, -0.05) is 6.07 Å². The Bertz CT molecular complexity index is 519. The van der Waals surface area contributed by atoms with Crippen LogP contribution in [0.2, 0.25) is 0 Å². The second-order valence-electron chi connectivity index (χ2n) is 5.43. The third-order valence-electron chi connectivity index (χ3n) is 3.51. The molecule has 1 aromatic carbocycles. The van der Waals surface area contributed by atoms with Crippen molar-refractivity contribution >= 4 is 24.2 Å². The molecule has 1 unspecified atom stereocenters. The maximum absolute atomic E-state index is 12.4. The first-order valence-corrected chi connectivity index (χ1v) is 6.85. The molecule has 1 heterocycles. The summed E-state index contributed by atoms with van der Waals surface area (Å²) in [5, 5.41) is 0. The Morgan fingerprint density at radius 3 is 2.57 bits per heavy atom. The number of hydrogen-bond acceptors (Lipinski definition) is 3. The molecule has 6 heteroatoms. The Morgan fingerprint density at radius 2 is 1.95 bits per heavy atom. The summed E-state index contributed by atoms with van der Waals surface area (Å²) in [7, 11) is 3.39. The third kappa shape index (κ3) is 4.19. The fourth-order valence-corrected chi connectivity index (χ4v) is 2.42. The van der Waals surface area contributed by atoms with E-state index in [0.717, 1.165) is 19.4 Å². The Labute approximate surface area is 131 Å². The van der Waals surface area contributed by atoms with E-state index < -0.39 is 0 Å². The molecule has 0 bridgehead atoms. The van der Waals surface area contributed by atoms with Gasteiger partial charge >= 0.3 is 0 Å². The molecule has 0 aromatic heterocycles. The van der Waals surface area contributed by atoms with Crippen LogP contribution < -0.4 is 5.73 Å². The zero-order chi connectivity index (χ0) is 14.7. The standard InChI is InChI=1S/C15H21N3O2.ClH/c1-17(2)14(19)11-5-3-6-12(9-11)15(20)18-8-4-7-13(16)10-18;/h3,5-6,9,13H,4,7-8,10,16H2,1-2H3;1H. The molecular formula is C15H22ClN3O2. The number of likely N-dealkylation sites (tertiary alicyclic amines) is 1. The predicted molar refractivity (Wildman–Crippen MR) is 84.8 cm³/mol. The van der Waals surface area contributed by atoms with E-state index >= 15 is 0 Å². The highest BCUT2D eigenvalue weighted by Crippen LogP contribution is 2.14. The summed E-state index contributed by atoms with van der Waals surface area (Å²) >= 11 is 0. The first-order chi connectivity index (χ1) is 9.49. The van der Waals surface area contributed by atoms with E-state index in [1.165, 1.54) is 4.90 Å². The summed E-state index contributed by atoms with van der Waals surface area (Å²) < 4.78 is 0. The van der Waals surface area contributed by atoms with E-state index in [4.69, 9.17) is 5.73 Å². The highest BCUT2D eigenvalue weighted by molar-refractivity contribution is 5.99. The van der Waals surface area contributed by atoms with Gasteiger partial charge in [-0.05, 0) is 31.0 Å². The molecule has 0 radical (unpaired) electrons. The van der Waals surface area contributed by atoms with Gasteiger partial charge in [0.25, 0.3) is 11.8 Å². The number of amides is 2. The van der Waals surface area contributed by atoms with E-state index in [1.54, 1.807) is 43.3 Å². The van der Waals surface area contributed by atoms with Crippen molar-refractivity contribution in [1.82, 2.24) is 9.80 Å². The molecule has 0 spiro atoms. The SMILES string of the molecule is CN(C)C(=O)c1cccc(C(=O)N2CCCC(N)C2)c1.Cl. The van der Waals surface area contributed by atoms with Crippen LogP contribution in [0.3, 0.4) is 0 Å². The molecule has 2 amide bonds. The lowest BCUT2D eigenvalue weighted by molar-refractivity contribution is 0.0709. The van der Waals surface area contributed by atoms with Gasteiger partial charge in [-0.15, -0.1) is 12.4 Å². The van der Waals surface area contributed by atoms with Crippen molar-refractivity contribution in [3.8, 4) is 0 Å². The topological polar surface area (TPSA) is 66.6 Å². The van der Waals surface area contributed by atoms with E-state index in [2.05, 4.69) is 0 Å². The molecule has 1 aliphatic heterocycles. The van der Waals surface area contributed by atoms with Crippen molar-refractivity contribution in [1.29, 1.82) is 0 Å². The highest BCUT2D eigenvalue weighted by atomic mass is 35.5. The molecule has 0 aliphatic carbocycles. The van der Waals surface area contributed by atoms with Crippen molar-refractivity contribution in [2.75, 3.05) is 27.2 Å². The molecule has 1 atom stereocenters. The minimum Gasteiger partial charge on any atom is -0.345 e. The number of piperidine rings is 1. The fourth-order valence-electron chi connectivity index (χ4n) is 2.42.